The topological polar surface area (TPSA) is 45.4 Å². The molecule has 1 aliphatic rings. The molecule has 0 radical (unpaired) electrons. The first-order valence-electron chi connectivity index (χ1n) is 7.21. The van der Waals surface area contributed by atoms with Gasteiger partial charge < -0.3 is 10.6 Å². The molecule has 2 N–H and O–H groups in total. The molecule has 1 aliphatic heterocycles. The summed E-state index contributed by atoms with van der Waals surface area (Å²) >= 11 is 0. The lowest BCUT2D eigenvalue weighted by molar-refractivity contribution is 0.209. The first-order valence-corrected chi connectivity index (χ1v) is 7.21. The third kappa shape index (κ3) is 3.25. The molecule has 0 amide bonds. The number of nitrogens with two attached hydrogens (primary N) is 1. The van der Waals surface area contributed by atoms with E-state index in [4.69, 9.17) is 10.7 Å². The Balaban J connectivity index is 2.06. The van der Waals surface area contributed by atoms with Crippen molar-refractivity contribution in [3.8, 4) is 0 Å². The van der Waals surface area contributed by atoms with Crippen LogP contribution >= 0.6 is 0 Å². The zero-order valence-electron chi connectivity index (χ0n) is 12.6. The molecule has 1 aromatic rings. The minimum Gasteiger partial charge on any atom is -0.354 e. The normalized spacial score (nSPS) is 18.9. The first-order chi connectivity index (χ1) is 8.99. The maximum atomic E-state index is 5.93. The van der Waals surface area contributed by atoms with Crippen molar-refractivity contribution < 1.29 is 0 Å². The van der Waals surface area contributed by atoms with Gasteiger partial charge in [0.15, 0.2) is 0 Å². The van der Waals surface area contributed by atoms with Gasteiger partial charge in [-0.1, -0.05) is 6.07 Å². The number of hydrogen-bond donors (Lipinski definition) is 1. The molecule has 0 aliphatic carbocycles. The summed E-state index contributed by atoms with van der Waals surface area (Å²) in [6.45, 7) is 12.9. The Morgan fingerprint density at radius 2 is 1.74 bits per heavy atom. The average molecular weight is 262 g/mol. The monoisotopic (exact) mass is 262 g/mol. The van der Waals surface area contributed by atoms with Crippen LogP contribution in [0.4, 0.5) is 5.82 Å². The van der Waals surface area contributed by atoms with Crippen molar-refractivity contribution in [3.63, 3.8) is 0 Å². The van der Waals surface area contributed by atoms with Gasteiger partial charge in [-0.05, 0) is 39.3 Å². The van der Waals surface area contributed by atoms with E-state index in [1.165, 1.54) is 0 Å². The third-order valence-corrected chi connectivity index (χ3v) is 3.97. The van der Waals surface area contributed by atoms with Gasteiger partial charge in [0.25, 0.3) is 0 Å². The van der Waals surface area contributed by atoms with Gasteiger partial charge >= 0.3 is 0 Å². The molecule has 0 bridgehead atoms. The van der Waals surface area contributed by atoms with Gasteiger partial charge in [-0.3, -0.25) is 4.90 Å². The second-order valence-corrected chi connectivity index (χ2v) is 5.75. The summed E-state index contributed by atoms with van der Waals surface area (Å²) < 4.78 is 0. The molecule has 0 aromatic carbocycles. The maximum Gasteiger partial charge on any atom is 0.128 e. The molecule has 0 saturated carbocycles. The van der Waals surface area contributed by atoms with Gasteiger partial charge in [0, 0.05) is 44.0 Å². The lowest BCUT2D eigenvalue weighted by Crippen LogP contribution is -2.49. The molecular formula is C15H26N4. The fraction of sp³-hybridized carbons (Fsp3) is 0.667. The van der Waals surface area contributed by atoms with Gasteiger partial charge in [-0.15, -0.1) is 0 Å². The summed E-state index contributed by atoms with van der Waals surface area (Å²) in [5, 5.41) is 0. The first kappa shape index (κ1) is 14.3. The highest BCUT2D eigenvalue weighted by atomic mass is 15.3. The Morgan fingerprint density at radius 3 is 2.21 bits per heavy atom. The molecule has 1 saturated heterocycles. The molecular weight excluding hydrogens is 236 g/mol. The van der Waals surface area contributed by atoms with Crippen LogP contribution in [0.2, 0.25) is 0 Å². The van der Waals surface area contributed by atoms with Crippen LogP contribution in [0, 0.1) is 6.92 Å². The minimum atomic E-state index is 0.0549. The Kier molecular flexibility index (Phi) is 4.42. The Labute approximate surface area is 116 Å². The van der Waals surface area contributed by atoms with Crippen LogP contribution in [0.25, 0.3) is 0 Å². The van der Waals surface area contributed by atoms with Crippen LogP contribution in [0.3, 0.4) is 0 Å². The fourth-order valence-electron chi connectivity index (χ4n) is 2.68. The van der Waals surface area contributed by atoms with E-state index < -0.39 is 0 Å². The van der Waals surface area contributed by atoms with Crippen molar-refractivity contribution in [1.82, 2.24) is 9.88 Å². The van der Waals surface area contributed by atoms with Crippen molar-refractivity contribution >= 4 is 5.82 Å². The zero-order chi connectivity index (χ0) is 14.0. The molecule has 19 heavy (non-hydrogen) atoms. The second kappa shape index (κ2) is 5.88. The summed E-state index contributed by atoms with van der Waals surface area (Å²) in [5.74, 6) is 1.09. The Morgan fingerprint density at radius 1 is 1.11 bits per heavy atom. The number of nitrogens with zero attached hydrogens (tertiary/aromatic N) is 3. The number of hydrogen-bond acceptors (Lipinski definition) is 4. The molecule has 106 valence electrons. The standard InChI is InChI=1S/C15H26N4/c1-11(2)18-7-9-19(10-8-18)15-6-5-14(12(3)16)13(4)17-15/h5-6,11-12H,7-10,16H2,1-4H3. The zero-order valence-corrected chi connectivity index (χ0v) is 12.6. The van der Waals surface area contributed by atoms with E-state index in [1.54, 1.807) is 0 Å². The number of piperazine rings is 1. The molecule has 1 aromatic heterocycles. The summed E-state index contributed by atoms with van der Waals surface area (Å²) in [6.07, 6.45) is 0. The molecule has 1 atom stereocenters. The second-order valence-electron chi connectivity index (χ2n) is 5.75. The summed E-state index contributed by atoms with van der Waals surface area (Å²) in [6, 6.07) is 4.92. The molecule has 1 fully saturated rings. The predicted octanol–water partition coefficient (Wildman–Crippen LogP) is 1.94. The van der Waals surface area contributed by atoms with E-state index in [2.05, 4.69) is 35.8 Å². The van der Waals surface area contributed by atoms with Gasteiger partial charge in [0.05, 0.1) is 0 Å². The number of rotatable bonds is 3. The van der Waals surface area contributed by atoms with E-state index in [0.717, 1.165) is 43.3 Å². The summed E-state index contributed by atoms with van der Waals surface area (Å²) in [4.78, 5) is 9.60. The molecule has 2 rings (SSSR count). The van der Waals surface area contributed by atoms with E-state index in [9.17, 15) is 0 Å². The number of pyridine rings is 1. The predicted molar refractivity (Wildman–Crippen MR) is 80.5 cm³/mol. The van der Waals surface area contributed by atoms with Crippen LogP contribution in [-0.4, -0.2) is 42.1 Å². The highest BCUT2D eigenvalue weighted by Gasteiger charge is 2.20. The SMILES string of the molecule is Cc1nc(N2CCN(C(C)C)CC2)ccc1C(C)N. The molecule has 4 nitrogen and oxygen atoms in total. The van der Waals surface area contributed by atoms with Crippen molar-refractivity contribution in [2.45, 2.75) is 39.8 Å². The number of aryl methyl sites for hydroxylation is 1. The van der Waals surface area contributed by atoms with Gasteiger partial charge in [0.1, 0.15) is 5.82 Å². The van der Waals surface area contributed by atoms with Crippen molar-refractivity contribution in [2.24, 2.45) is 5.73 Å². The lowest BCUT2D eigenvalue weighted by Gasteiger charge is -2.37. The lowest BCUT2D eigenvalue weighted by atomic mass is 10.1. The third-order valence-electron chi connectivity index (χ3n) is 3.97. The van der Waals surface area contributed by atoms with Crippen LogP contribution in [-0.2, 0) is 0 Å². The van der Waals surface area contributed by atoms with E-state index in [1.807, 2.05) is 13.8 Å². The Bertz CT molecular complexity index is 420. The van der Waals surface area contributed by atoms with E-state index >= 15 is 0 Å². The highest BCUT2D eigenvalue weighted by molar-refractivity contribution is 5.42. The summed E-state index contributed by atoms with van der Waals surface area (Å²) in [7, 11) is 0. The number of aromatic nitrogens is 1. The van der Waals surface area contributed by atoms with E-state index in [-0.39, 0.29) is 6.04 Å². The van der Waals surface area contributed by atoms with Crippen molar-refractivity contribution in [3.05, 3.63) is 23.4 Å². The molecule has 0 spiro atoms. The van der Waals surface area contributed by atoms with E-state index in [0.29, 0.717) is 6.04 Å². The number of anilines is 1. The largest absolute Gasteiger partial charge is 0.354 e. The maximum absolute atomic E-state index is 5.93. The fourth-order valence-corrected chi connectivity index (χ4v) is 2.68. The molecule has 1 unspecified atom stereocenters. The van der Waals surface area contributed by atoms with Crippen LogP contribution in [0.5, 0.6) is 0 Å². The Hall–Kier alpha value is -1.13. The quantitative estimate of drug-likeness (QED) is 0.904. The van der Waals surface area contributed by atoms with Crippen LogP contribution in [0.1, 0.15) is 38.1 Å². The summed E-state index contributed by atoms with van der Waals surface area (Å²) in [5.41, 5.74) is 8.13. The molecule has 2 heterocycles. The van der Waals surface area contributed by atoms with Crippen LogP contribution < -0.4 is 10.6 Å². The van der Waals surface area contributed by atoms with Gasteiger partial charge in [-0.25, -0.2) is 4.98 Å². The minimum absolute atomic E-state index is 0.0549. The van der Waals surface area contributed by atoms with Gasteiger partial charge in [-0.2, -0.15) is 0 Å². The van der Waals surface area contributed by atoms with Crippen molar-refractivity contribution in [1.29, 1.82) is 0 Å². The smallest absolute Gasteiger partial charge is 0.128 e. The molecule has 4 heteroatoms. The van der Waals surface area contributed by atoms with Crippen molar-refractivity contribution in [2.75, 3.05) is 31.1 Å². The highest BCUT2D eigenvalue weighted by Crippen LogP contribution is 2.20. The van der Waals surface area contributed by atoms with Gasteiger partial charge in [0.2, 0.25) is 0 Å². The average Bonchev–Trinajstić information content (AvgIpc) is 2.38. The van der Waals surface area contributed by atoms with Crippen LogP contribution in [0.15, 0.2) is 12.1 Å².